The first-order chi connectivity index (χ1) is 7.22. The second-order valence-corrected chi connectivity index (χ2v) is 5.38. The fourth-order valence-corrected chi connectivity index (χ4v) is 2.92. The Kier molecular flexibility index (Phi) is 6.10. The molecule has 1 aliphatic rings. The molecule has 15 heavy (non-hydrogen) atoms. The molecule has 0 aromatic carbocycles. The summed E-state index contributed by atoms with van der Waals surface area (Å²) >= 11 is 1.93. The van der Waals surface area contributed by atoms with E-state index in [-0.39, 0.29) is 11.9 Å². The van der Waals surface area contributed by atoms with Crippen LogP contribution in [0.1, 0.15) is 39.0 Å². The van der Waals surface area contributed by atoms with Crippen LogP contribution >= 0.6 is 11.8 Å². The van der Waals surface area contributed by atoms with Gasteiger partial charge < -0.3 is 11.1 Å². The molecule has 1 fully saturated rings. The third-order valence-electron chi connectivity index (χ3n) is 2.63. The number of rotatable bonds is 5. The summed E-state index contributed by atoms with van der Waals surface area (Å²) < 4.78 is 0. The standard InChI is InChI=1S/C11H22N2OS/c1-2-4-9(12)7-11(14)13-10-5-3-6-15-8-10/h9-10H,2-8,12H2,1H3,(H,13,14). The molecular formula is C11H22N2OS. The maximum absolute atomic E-state index is 11.6. The van der Waals surface area contributed by atoms with Gasteiger partial charge in [0.15, 0.2) is 0 Å². The molecule has 1 amide bonds. The number of hydrogen-bond acceptors (Lipinski definition) is 3. The molecule has 4 heteroatoms. The van der Waals surface area contributed by atoms with E-state index in [0.717, 1.165) is 25.0 Å². The highest BCUT2D eigenvalue weighted by Crippen LogP contribution is 2.16. The summed E-state index contributed by atoms with van der Waals surface area (Å²) in [6.07, 6.45) is 4.81. The van der Waals surface area contributed by atoms with Crippen molar-refractivity contribution >= 4 is 17.7 Å². The summed E-state index contributed by atoms with van der Waals surface area (Å²) in [5, 5.41) is 3.07. The Bertz CT molecular complexity index is 193. The van der Waals surface area contributed by atoms with Gasteiger partial charge in [-0.2, -0.15) is 11.8 Å². The van der Waals surface area contributed by atoms with Crippen LogP contribution in [0.3, 0.4) is 0 Å². The highest BCUT2D eigenvalue weighted by atomic mass is 32.2. The van der Waals surface area contributed by atoms with Gasteiger partial charge >= 0.3 is 0 Å². The normalized spacial score (nSPS) is 23.5. The number of carbonyl (C=O) groups excluding carboxylic acids is 1. The van der Waals surface area contributed by atoms with Gasteiger partial charge in [-0.3, -0.25) is 4.79 Å². The lowest BCUT2D eigenvalue weighted by Crippen LogP contribution is -2.40. The van der Waals surface area contributed by atoms with E-state index in [9.17, 15) is 4.79 Å². The predicted octanol–water partition coefficient (Wildman–Crippen LogP) is 1.52. The molecule has 0 aromatic rings. The monoisotopic (exact) mass is 230 g/mol. The molecule has 1 aliphatic heterocycles. The Morgan fingerprint density at radius 2 is 2.47 bits per heavy atom. The Morgan fingerprint density at radius 3 is 3.07 bits per heavy atom. The molecule has 0 spiro atoms. The summed E-state index contributed by atoms with van der Waals surface area (Å²) in [6, 6.07) is 0.413. The van der Waals surface area contributed by atoms with Gasteiger partial charge in [-0.15, -0.1) is 0 Å². The van der Waals surface area contributed by atoms with Crippen LogP contribution < -0.4 is 11.1 Å². The van der Waals surface area contributed by atoms with E-state index in [1.165, 1.54) is 12.2 Å². The van der Waals surface area contributed by atoms with Crippen molar-refractivity contribution in [1.29, 1.82) is 0 Å². The van der Waals surface area contributed by atoms with Crippen LogP contribution in [0, 0.1) is 0 Å². The van der Waals surface area contributed by atoms with Crippen LogP contribution in [0.4, 0.5) is 0 Å². The summed E-state index contributed by atoms with van der Waals surface area (Å²) in [6.45, 7) is 2.09. The first-order valence-corrected chi connectivity index (χ1v) is 7.00. The fraction of sp³-hybridized carbons (Fsp3) is 0.909. The molecule has 1 saturated heterocycles. The largest absolute Gasteiger partial charge is 0.352 e. The van der Waals surface area contributed by atoms with Crippen molar-refractivity contribution in [1.82, 2.24) is 5.32 Å². The molecule has 88 valence electrons. The molecule has 3 N–H and O–H groups in total. The molecule has 0 aromatic heterocycles. The van der Waals surface area contributed by atoms with Gasteiger partial charge in [0.25, 0.3) is 0 Å². The van der Waals surface area contributed by atoms with Crippen LogP contribution in [-0.2, 0) is 4.79 Å². The lowest BCUT2D eigenvalue weighted by molar-refractivity contribution is -0.122. The van der Waals surface area contributed by atoms with Crippen molar-refractivity contribution in [3.05, 3.63) is 0 Å². The molecule has 2 unspecified atom stereocenters. The van der Waals surface area contributed by atoms with E-state index in [4.69, 9.17) is 5.73 Å². The van der Waals surface area contributed by atoms with Crippen LogP contribution in [0.25, 0.3) is 0 Å². The molecule has 0 aliphatic carbocycles. The zero-order valence-electron chi connectivity index (χ0n) is 9.50. The third kappa shape index (κ3) is 5.42. The molecule has 3 nitrogen and oxygen atoms in total. The summed E-state index contributed by atoms with van der Waals surface area (Å²) in [5.41, 5.74) is 5.82. The van der Waals surface area contributed by atoms with Crippen LogP contribution in [0.5, 0.6) is 0 Å². The lowest BCUT2D eigenvalue weighted by Gasteiger charge is -2.23. The topological polar surface area (TPSA) is 55.1 Å². The number of thioether (sulfide) groups is 1. The van der Waals surface area contributed by atoms with Gasteiger partial charge in [0.2, 0.25) is 5.91 Å². The molecule has 0 radical (unpaired) electrons. The average molecular weight is 230 g/mol. The van der Waals surface area contributed by atoms with Crippen LogP contribution in [0.15, 0.2) is 0 Å². The Hall–Kier alpha value is -0.220. The minimum atomic E-state index is 0.0336. The van der Waals surface area contributed by atoms with Crippen LogP contribution in [0.2, 0.25) is 0 Å². The van der Waals surface area contributed by atoms with E-state index in [1.807, 2.05) is 11.8 Å². The summed E-state index contributed by atoms with van der Waals surface area (Å²) in [7, 11) is 0. The van der Waals surface area contributed by atoms with Crippen molar-refractivity contribution in [2.75, 3.05) is 11.5 Å². The Balaban J connectivity index is 2.16. The molecule has 1 heterocycles. The highest BCUT2D eigenvalue weighted by molar-refractivity contribution is 7.99. The van der Waals surface area contributed by atoms with Crippen LogP contribution in [-0.4, -0.2) is 29.5 Å². The quantitative estimate of drug-likeness (QED) is 0.753. The molecule has 0 saturated carbocycles. The maximum Gasteiger partial charge on any atom is 0.221 e. The minimum Gasteiger partial charge on any atom is -0.352 e. The molecule has 2 atom stereocenters. The van der Waals surface area contributed by atoms with E-state index in [2.05, 4.69) is 12.2 Å². The van der Waals surface area contributed by atoms with Gasteiger partial charge in [0.05, 0.1) is 0 Å². The zero-order chi connectivity index (χ0) is 11.1. The maximum atomic E-state index is 11.6. The minimum absolute atomic E-state index is 0.0336. The lowest BCUT2D eigenvalue weighted by atomic mass is 10.1. The average Bonchev–Trinajstić information content (AvgIpc) is 2.19. The number of hydrogen-bond donors (Lipinski definition) is 2. The van der Waals surface area contributed by atoms with E-state index >= 15 is 0 Å². The summed E-state index contributed by atoms with van der Waals surface area (Å²) in [4.78, 5) is 11.6. The molecular weight excluding hydrogens is 208 g/mol. The second kappa shape index (κ2) is 7.12. The smallest absolute Gasteiger partial charge is 0.221 e. The Labute approximate surface area is 96.6 Å². The highest BCUT2D eigenvalue weighted by Gasteiger charge is 2.17. The number of nitrogens with two attached hydrogens (primary N) is 1. The summed E-state index contributed by atoms with van der Waals surface area (Å²) in [5.74, 6) is 2.43. The predicted molar refractivity (Wildman–Crippen MR) is 66.0 cm³/mol. The van der Waals surface area contributed by atoms with Crippen molar-refractivity contribution in [2.24, 2.45) is 5.73 Å². The van der Waals surface area contributed by atoms with Crippen molar-refractivity contribution in [3.63, 3.8) is 0 Å². The SMILES string of the molecule is CCCC(N)CC(=O)NC1CCCSC1. The number of nitrogens with one attached hydrogen (secondary N) is 1. The number of amides is 1. The molecule has 0 bridgehead atoms. The van der Waals surface area contributed by atoms with E-state index in [0.29, 0.717) is 12.5 Å². The fourth-order valence-electron chi connectivity index (χ4n) is 1.85. The van der Waals surface area contributed by atoms with Crippen molar-refractivity contribution < 1.29 is 4.79 Å². The first kappa shape index (κ1) is 12.8. The molecule has 1 rings (SSSR count). The second-order valence-electron chi connectivity index (χ2n) is 4.23. The third-order valence-corrected chi connectivity index (χ3v) is 3.85. The van der Waals surface area contributed by atoms with Gasteiger partial charge in [0.1, 0.15) is 0 Å². The van der Waals surface area contributed by atoms with Gasteiger partial charge in [-0.25, -0.2) is 0 Å². The van der Waals surface area contributed by atoms with Crippen molar-refractivity contribution in [2.45, 2.75) is 51.1 Å². The van der Waals surface area contributed by atoms with Gasteiger partial charge in [0, 0.05) is 24.3 Å². The van der Waals surface area contributed by atoms with Crippen molar-refractivity contribution in [3.8, 4) is 0 Å². The zero-order valence-corrected chi connectivity index (χ0v) is 10.3. The first-order valence-electron chi connectivity index (χ1n) is 5.85. The van der Waals surface area contributed by atoms with Gasteiger partial charge in [-0.1, -0.05) is 13.3 Å². The number of carbonyl (C=O) groups is 1. The van der Waals surface area contributed by atoms with E-state index < -0.39 is 0 Å². The van der Waals surface area contributed by atoms with E-state index in [1.54, 1.807) is 0 Å². The Morgan fingerprint density at radius 1 is 1.67 bits per heavy atom. The van der Waals surface area contributed by atoms with Gasteiger partial charge in [-0.05, 0) is 25.0 Å².